The Morgan fingerprint density at radius 1 is 1.20 bits per heavy atom. The molecule has 0 N–H and O–H groups in total. The van der Waals surface area contributed by atoms with Crippen molar-refractivity contribution in [2.75, 3.05) is 7.11 Å². The molecular formula is C16H21O4. The maximum absolute atomic E-state index is 12.0. The average Bonchev–Trinajstić information content (AvgIpc) is 2.47. The number of ether oxygens (including phenoxy) is 1. The van der Waals surface area contributed by atoms with E-state index >= 15 is 0 Å². The van der Waals surface area contributed by atoms with Crippen molar-refractivity contribution in [3.8, 4) is 5.75 Å². The first-order chi connectivity index (χ1) is 9.61. The van der Waals surface area contributed by atoms with Crippen molar-refractivity contribution in [3.63, 3.8) is 0 Å². The molecule has 4 nitrogen and oxygen atoms in total. The molecule has 0 saturated heterocycles. The van der Waals surface area contributed by atoms with Crippen molar-refractivity contribution in [2.24, 2.45) is 11.8 Å². The summed E-state index contributed by atoms with van der Waals surface area (Å²) < 4.78 is 5.13. The molecule has 0 amide bonds. The van der Waals surface area contributed by atoms with Gasteiger partial charge in [0.25, 0.3) is 0 Å². The van der Waals surface area contributed by atoms with Crippen LogP contribution in [0.2, 0.25) is 0 Å². The highest BCUT2D eigenvalue weighted by Gasteiger charge is 2.29. The zero-order chi connectivity index (χ0) is 14.5. The normalized spacial score (nSPS) is 23.4. The van der Waals surface area contributed by atoms with E-state index in [2.05, 4.69) is 13.8 Å². The third-order valence-corrected chi connectivity index (χ3v) is 3.74. The van der Waals surface area contributed by atoms with Crippen molar-refractivity contribution in [1.82, 2.24) is 0 Å². The van der Waals surface area contributed by atoms with Crippen LogP contribution in [0.25, 0.3) is 0 Å². The van der Waals surface area contributed by atoms with Gasteiger partial charge in [-0.2, -0.15) is 4.89 Å². The number of carbonyl (C=O) groups excluding carboxylic acids is 1. The average molecular weight is 277 g/mol. The summed E-state index contributed by atoms with van der Waals surface area (Å²) in [5.74, 6) is 0.861. The Hall–Kier alpha value is -1.55. The lowest BCUT2D eigenvalue weighted by Crippen LogP contribution is -2.23. The third kappa shape index (κ3) is 3.51. The molecule has 1 aliphatic rings. The fourth-order valence-electron chi connectivity index (χ4n) is 2.41. The molecule has 1 fully saturated rings. The Kier molecular flexibility index (Phi) is 5.01. The molecule has 0 heterocycles. The van der Waals surface area contributed by atoms with Gasteiger partial charge in [-0.3, -0.25) is 4.89 Å². The Bertz CT molecular complexity index is 458. The van der Waals surface area contributed by atoms with Crippen LogP contribution in [0.4, 0.5) is 0 Å². The molecule has 2 rings (SSSR count). The van der Waals surface area contributed by atoms with E-state index in [1.54, 1.807) is 24.3 Å². The van der Waals surface area contributed by atoms with E-state index in [1.165, 1.54) is 13.5 Å². The molecule has 1 aliphatic carbocycles. The highest BCUT2D eigenvalue weighted by atomic mass is 17.2. The first kappa shape index (κ1) is 14.9. The smallest absolute Gasteiger partial charge is 0.376 e. The standard InChI is InChI=1S/C16H21O4/c1-11-8-9-12(2)15(10-11)19-20-16(17)13-6-4-5-7-14(13)18-3/h4-7,11-12H,8-10H2,1-3H3. The molecule has 1 radical (unpaired) electrons. The summed E-state index contributed by atoms with van der Waals surface area (Å²) in [4.78, 5) is 22.3. The summed E-state index contributed by atoms with van der Waals surface area (Å²) in [7, 11) is 1.52. The van der Waals surface area contributed by atoms with Crippen molar-refractivity contribution < 1.29 is 19.3 Å². The number of hydrogen-bond acceptors (Lipinski definition) is 4. The van der Waals surface area contributed by atoms with Crippen LogP contribution in [0, 0.1) is 17.9 Å². The Morgan fingerprint density at radius 2 is 1.95 bits per heavy atom. The number of benzene rings is 1. The van der Waals surface area contributed by atoms with Crippen LogP contribution in [0.1, 0.15) is 43.5 Å². The van der Waals surface area contributed by atoms with Crippen LogP contribution in [-0.4, -0.2) is 13.1 Å². The molecule has 109 valence electrons. The third-order valence-electron chi connectivity index (χ3n) is 3.74. The van der Waals surface area contributed by atoms with Crippen LogP contribution < -0.4 is 4.74 Å². The fraction of sp³-hybridized carbons (Fsp3) is 0.500. The molecule has 1 aromatic carbocycles. The number of hydrogen-bond donors (Lipinski definition) is 0. The molecule has 0 bridgehead atoms. The van der Waals surface area contributed by atoms with Gasteiger partial charge in [0, 0.05) is 0 Å². The summed E-state index contributed by atoms with van der Waals surface area (Å²) in [5, 5.41) is 0. The molecule has 0 spiro atoms. The van der Waals surface area contributed by atoms with E-state index in [4.69, 9.17) is 14.5 Å². The van der Waals surface area contributed by atoms with E-state index in [9.17, 15) is 4.79 Å². The molecule has 20 heavy (non-hydrogen) atoms. The van der Waals surface area contributed by atoms with Gasteiger partial charge >= 0.3 is 5.97 Å². The highest BCUT2D eigenvalue weighted by Crippen LogP contribution is 2.36. The summed E-state index contributed by atoms with van der Waals surface area (Å²) in [6.45, 7) is 4.27. The molecule has 0 aliphatic heterocycles. The number of carbonyl (C=O) groups is 1. The molecule has 4 heteroatoms. The van der Waals surface area contributed by atoms with Gasteiger partial charge in [0.2, 0.25) is 0 Å². The second-order valence-electron chi connectivity index (χ2n) is 5.41. The monoisotopic (exact) mass is 277 g/mol. The minimum Gasteiger partial charge on any atom is -0.496 e. The van der Waals surface area contributed by atoms with Crippen LogP contribution in [0.3, 0.4) is 0 Å². The van der Waals surface area contributed by atoms with Crippen molar-refractivity contribution in [2.45, 2.75) is 33.1 Å². The lowest BCUT2D eigenvalue weighted by atomic mass is 9.82. The Morgan fingerprint density at radius 3 is 2.70 bits per heavy atom. The molecule has 0 aromatic heterocycles. The Balaban J connectivity index is 1.94. The van der Waals surface area contributed by atoms with Crippen molar-refractivity contribution >= 4 is 5.97 Å². The first-order valence-electron chi connectivity index (χ1n) is 6.99. The van der Waals surface area contributed by atoms with E-state index in [0.717, 1.165) is 18.9 Å². The van der Waals surface area contributed by atoms with E-state index in [-0.39, 0.29) is 0 Å². The Labute approximate surface area is 120 Å². The molecule has 2 atom stereocenters. The highest BCUT2D eigenvalue weighted by molar-refractivity contribution is 5.92. The minimum atomic E-state index is -0.527. The summed E-state index contributed by atoms with van der Waals surface area (Å²) >= 11 is 0. The second-order valence-corrected chi connectivity index (χ2v) is 5.41. The van der Waals surface area contributed by atoms with E-state index < -0.39 is 5.97 Å². The first-order valence-corrected chi connectivity index (χ1v) is 6.99. The van der Waals surface area contributed by atoms with Gasteiger partial charge in [0.1, 0.15) is 11.3 Å². The van der Waals surface area contributed by atoms with Crippen LogP contribution in [0.15, 0.2) is 24.3 Å². The predicted molar refractivity (Wildman–Crippen MR) is 74.9 cm³/mol. The van der Waals surface area contributed by atoms with Gasteiger partial charge in [-0.05, 0) is 36.8 Å². The van der Waals surface area contributed by atoms with Gasteiger partial charge in [-0.25, -0.2) is 4.79 Å². The molecule has 1 aromatic rings. The SMILES string of the molecule is COc1ccccc1C(=O)OO[C]1CC(C)CCC1C. The molecule has 1 saturated carbocycles. The van der Waals surface area contributed by atoms with Gasteiger partial charge < -0.3 is 4.74 Å². The largest absolute Gasteiger partial charge is 0.496 e. The van der Waals surface area contributed by atoms with Gasteiger partial charge in [-0.15, -0.1) is 0 Å². The predicted octanol–water partition coefficient (Wildman–Crippen LogP) is 3.77. The van der Waals surface area contributed by atoms with Crippen LogP contribution >= 0.6 is 0 Å². The van der Waals surface area contributed by atoms with E-state index in [0.29, 0.717) is 23.1 Å². The zero-order valence-electron chi connectivity index (χ0n) is 12.2. The summed E-state index contributed by atoms with van der Waals surface area (Å²) in [6, 6.07) is 6.94. The number of para-hydroxylation sites is 1. The van der Waals surface area contributed by atoms with Crippen molar-refractivity contribution in [3.05, 3.63) is 35.9 Å². The second kappa shape index (κ2) is 6.75. The number of rotatable bonds is 4. The molecule has 2 unspecified atom stereocenters. The van der Waals surface area contributed by atoms with Crippen LogP contribution in [-0.2, 0) is 9.78 Å². The van der Waals surface area contributed by atoms with Gasteiger partial charge in [-0.1, -0.05) is 32.4 Å². The van der Waals surface area contributed by atoms with Gasteiger partial charge in [0.05, 0.1) is 7.11 Å². The zero-order valence-corrected chi connectivity index (χ0v) is 12.2. The molecular weight excluding hydrogens is 256 g/mol. The minimum absolute atomic E-state index is 0.330. The lowest BCUT2D eigenvalue weighted by Gasteiger charge is -2.29. The van der Waals surface area contributed by atoms with Crippen molar-refractivity contribution in [1.29, 1.82) is 0 Å². The van der Waals surface area contributed by atoms with E-state index in [1.807, 2.05) is 0 Å². The van der Waals surface area contributed by atoms with Gasteiger partial charge in [0.15, 0.2) is 6.10 Å². The topological polar surface area (TPSA) is 44.8 Å². The maximum atomic E-state index is 12.0. The maximum Gasteiger partial charge on any atom is 0.376 e. The van der Waals surface area contributed by atoms with Crippen LogP contribution in [0.5, 0.6) is 5.75 Å². The fourth-order valence-corrected chi connectivity index (χ4v) is 2.41. The quantitative estimate of drug-likeness (QED) is 0.620. The number of methoxy groups -OCH3 is 1. The summed E-state index contributed by atoms with van der Waals surface area (Å²) in [5.41, 5.74) is 0.368. The lowest BCUT2D eigenvalue weighted by molar-refractivity contribution is -0.248. The summed E-state index contributed by atoms with van der Waals surface area (Å²) in [6.07, 6.45) is 3.96.